The minimum atomic E-state index is 0.673. The van der Waals surface area contributed by atoms with E-state index in [-0.39, 0.29) is 0 Å². The van der Waals surface area contributed by atoms with Crippen LogP contribution in [0.3, 0.4) is 0 Å². The van der Waals surface area contributed by atoms with Crippen molar-refractivity contribution in [1.29, 1.82) is 5.26 Å². The molecule has 0 aliphatic rings. The van der Waals surface area contributed by atoms with Crippen molar-refractivity contribution in [1.82, 2.24) is 0 Å². The number of rotatable bonds is 11. The van der Waals surface area contributed by atoms with Crippen molar-refractivity contribution in [3.05, 3.63) is 78.4 Å². The van der Waals surface area contributed by atoms with E-state index in [0.717, 1.165) is 29.9 Å². The maximum Gasteiger partial charge on any atom is 0.119 e. The molecule has 0 radical (unpaired) electrons. The summed E-state index contributed by atoms with van der Waals surface area (Å²) in [6.45, 7) is 3.01. The molecule has 30 heavy (non-hydrogen) atoms. The molecule has 0 unspecified atom stereocenters. The molecule has 0 heterocycles. The number of nitriles is 1. The smallest absolute Gasteiger partial charge is 0.119 e. The lowest BCUT2D eigenvalue weighted by molar-refractivity contribution is 0.304. The molecule has 0 fully saturated rings. The molecular weight excluding hydrogens is 366 g/mol. The van der Waals surface area contributed by atoms with Gasteiger partial charge in [-0.15, -0.1) is 0 Å². The summed E-state index contributed by atoms with van der Waals surface area (Å²) < 4.78 is 6.08. The van der Waals surface area contributed by atoms with Crippen LogP contribution in [0.15, 0.2) is 72.8 Å². The van der Waals surface area contributed by atoms with Gasteiger partial charge >= 0.3 is 0 Å². The molecule has 0 atom stereocenters. The van der Waals surface area contributed by atoms with E-state index >= 15 is 0 Å². The first-order chi connectivity index (χ1) is 14.8. The SMILES string of the molecule is CCCCCCCCCOc1ccc(-c2ccccc2)c(-c2ccc(C#N)cc2)c1. The molecule has 0 saturated carbocycles. The molecular formula is C28H31NO. The predicted molar refractivity (Wildman–Crippen MR) is 126 cm³/mol. The second kappa shape index (κ2) is 11.8. The maximum atomic E-state index is 9.11. The zero-order valence-electron chi connectivity index (χ0n) is 17.9. The Morgan fingerprint density at radius 1 is 0.700 bits per heavy atom. The topological polar surface area (TPSA) is 33.0 Å². The van der Waals surface area contributed by atoms with E-state index < -0.39 is 0 Å². The molecule has 3 rings (SSSR count). The third-order valence-electron chi connectivity index (χ3n) is 5.42. The Morgan fingerprint density at radius 2 is 1.37 bits per heavy atom. The molecule has 0 amide bonds. The first-order valence-electron chi connectivity index (χ1n) is 11.1. The van der Waals surface area contributed by atoms with Gasteiger partial charge in [-0.25, -0.2) is 0 Å². The van der Waals surface area contributed by atoms with E-state index in [4.69, 9.17) is 10.00 Å². The molecule has 0 aliphatic carbocycles. The average molecular weight is 398 g/mol. The highest BCUT2D eigenvalue weighted by atomic mass is 16.5. The lowest BCUT2D eigenvalue weighted by Crippen LogP contribution is -1.98. The predicted octanol–water partition coefficient (Wildman–Crippen LogP) is 8.02. The zero-order chi connectivity index (χ0) is 21.0. The molecule has 154 valence electrons. The standard InChI is InChI=1S/C28H31NO/c1-2-3-4-5-6-7-11-20-30-26-18-19-27(24-12-9-8-10-13-24)28(21-26)25-16-14-23(22-29)15-17-25/h8-10,12-19,21H,2-7,11,20H2,1H3. The first kappa shape index (κ1) is 21.7. The lowest BCUT2D eigenvalue weighted by Gasteiger charge is -2.14. The fraction of sp³-hybridized carbons (Fsp3) is 0.321. The van der Waals surface area contributed by atoms with Gasteiger partial charge in [0.15, 0.2) is 0 Å². The number of hydrogen-bond donors (Lipinski definition) is 0. The molecule has 0 spiro atoms. The summed E-state index contributed by atoms with van der Waals surface area (Å²) in [5.74, 6) is 0.903. The fourth-order valence-corrected chi connectivity index (χ4v) is 3.69. The van der Waals surface area contributed by atoms with E-state index in [1.54, 1.807) is 0 Å². The van der Waals surface area contributed by atoms with Gasteiger partial charge in [-0.1, -0.05) is 94.0 Å². The third kappa shape index (κ3) is 6.22. The Morgan fingerprint density at radius 3 is 2.07 bits per heavy atom. The third-order valence-corrected chi connectivity index (χ3v) is 5.42. The van der Waals surface area contributed by atoms with Gasteiger partial charge in [0.05, 0.1) is 18.2 Å². The van der Waals surface area contributed by atoms with Gasteiger partial charge in [0.2, 0.25) is 0 Å². The van der Waals surface area contributed by atoms with Gasteiger partial charge in [0.25, 0.3) is 0 Å². The van der Waals surface area contributed by atoms with Crippen LogP contribution >= 0.6 is 0 Å². The van der Waals surface area contributed by atoms with Gasteiger partial charge < -0.3 is 4.74 Å². The van der Waals surface area contributed by atoms with Crippen LogP contribution in [-0.2, 0) is 0 Å². The second-order valence-electron chi connectivity index (χ2n) is 7.73. The normalized spacial score (nSPS) is 10.5. The Labute approximate surface area is 181 Å². The Hall–Kier alpha value is -3.05. The van der Waals surface area contributed by atoms with Crippen molar-refractivity contribution in [2.75, 3.05) is 6.61 Å². The number of unbranched alkanes of at least 4 members (excludes halogenated alkanes) is 6. The van der Waals surface area contributed by atoms with Crippen molar-refractivity contribution in [2.45, 2.75) is 51.9 Å². The second-order valence-corrected chi connectivity index (χ2v) is 7.73. The highest BCUT2D eigenvalue weighted by Crippen LogP contribution is 2.35. The minimum absolute atomic E-state index is 0.673. The molecule has 3 aromatic carbocycles. The van der Waals surface area contributed by atoms with E-state index in [1.807, 2.05) is 30.3 Å². The molecule has 0 saturated heterocycles. The summed E-state index contributed by atoms with van der Waals surface area (Å²) in [6.07, 6.45) is 8.96. The number of ether oxygens (including phenoxy) is 1. The van der Waals surface area contributed by atoms with Gasteiger partial charge in [-0.2, -0.15) is 5.26 Å². The Bertz CT molecular complexity index is 939. The van der Waals surface area contributed by atoms with Crippen molar-refractivity contribution < 1.29 is 4.74 Å². The monoisotopic (exact) mass is 397 g/mol. The van der Waals surface area contributed by atoms with Crippen LogP contribution in [0.2, 0.25) is 0 Å². The average Bonchev–Trinajstić information content (AvgIpc) is 2.81. The first-order valence-corrected chi connectivity index (χ1v) is 11.1. The maximum absolute atomic E-state index is 9.11. The molecule has 3 aromatic rings. The fourth-order valence-electron chi connectivity index (χ4n) is 3.69. The summed E-state index contributed by atoms with van der Waals surface area (Å²) >= 11 is 0. The van der Waals surface area contributed by atoms with Crippen molar-refractivity contribution in [3.63, 3.8) is 0 Å². The number of hydrogen-bond acceptors (Lipinski definition) is 2. The highest BCUT2D eigenvalue weighted by Gasteiger charge is 2.10. The quantitative estimate of drug-likeness (QED) is 0.307. The lowest BCUT2D eigenvalue weighted by atomic mass is 9.94. The van der Waals surface area contributed by atoms with Crippen LogP contribution in [0.1, 0.15) is 57.4 Å². The van der Waals surface area contributed by atoms with E-state index in [9.17, 15) is 0 Å². The van der Waals surface area contributed by atoms with E-state index in [2.05, 4.69) is 55.5 Å². The van der Waals surface area contributed by atoms with Crippen LogP contribution in [-0.4, -0.2) is 6.61 Å². The summed E-state index contributed by atoms with van der Waals surface area (Å²) in [7, 11) is 0. The Balaban J connectivity index is 1.71. The van der Waals surface area contributed by atoms with Crippen molar-refractivity contribution in [2.24, 2.45) is 0 Å². The van der Waals surface area contributed by atoms with E-state index in [1.165, 1.54) is 49.7 Å². The molecule has 2 heteroatoms. The minimum Gasteiger partial charge on any atom is -0.494 e. The van der Waals surface area contributed by atoms with Crippen LogP contribution in [0, 0.1) is 11.3 Å². The molecule has 0 N–H and O–H groups in total. The van der Waals surface area contributed by atoms with Crippen LogP contribution in [0.4, 0.5) is 0 Å². The van der Waals surface area contributed by atoms with Gasteiger partial charge in [-0.3, -0.25) is 0 Å². The van der Waals surface area contributed by atoms with Gasteiger partial charge in [0.1, 0.15) is 5.75 Å². The number of nitrogens with zero attached hydrogens (tertiary/aromatic N) is 1. The highest BCUT2D eigenvalue weighted by molar-refractivity contribution is 5.84. The van der Waals surface area contributed by atoms with Gasteiger partial charge in [-0.05, 0) is 52.9 Å². The summed E-state index contributed by atoms with van der Waals surface area (Å²) in [6, 6.07) is 26.7. The molecule has 0 aromatic heterocycles. The number of benzene rings is 3. The van der Waals surface area contributed by atoms with E-state index in [0.29, 0.717) is 5.56 Å². The summed E-state index contributed by atoms with van der Waals surface area (Å²) in [5, 5.41) is 9.11. The Kier molecular flexibility index (Phi) is 8.54. The van der Waals surface area contributed by atoms with Crippen LogP contribution in [0.5, 0.6) is 5.75 Å². The summed E-state index contributed by atoms with van der Waals surface area (Å²) in [5.41, 5.74) is 5.24. The largest absolute Gasteiger partial charge is 0.494 e. The molecule has 2 nitrogen and oxygen atoms in total. The van der Waals surface area contributed by atoms with Crippen LogP contribution in [0.25, 0.3) is 22.3 Å². The van der Waals surface area contributed by atoms with Crippen molar-refractivity contribution >= 4 is 0 Å². The van der Waals surface area contributed by atoms with Crippen LogP contribution < -0.4 is 4.74 Å². The van der Waals surface area contributed by atoms with Gasteiger partial charge in [0, 0.05) is 0 Å². The molecule has 0 bridgehead atoms. The zero-order valence-corrected chi connectivity index (χ0v) is 17.9. The van der Waals surface area contributed by atoms with Crippen molar-refractivity contribution in [3.8, 4) is 34.1 Å². The molecule has 0 aliphatic heterocycles. The summed E-state index contributed by atoms with van der Waals surface area (Å²) in [4.78, 5) is 0.